The van der Waals surface area contributed by atoms with Crippen molar-refractivity contribution >= 4 is 27.6 Å². The van der Waals surface area contributed by atoms with Crippen LogP contribution in [0, 0.1) is 5.92 Å². The molecule has 0 saturated carbocycles. The Morgan fingerprint density at radius 1 is 1.52 bits per heavy atom. The standard InChI is InChI=1S/C12H20ClN3O4S/c1-3-9(4-5-11(17)18)6-7-15-21(19,20)12-10(13)8-14-16(12)2/h8-9,15H,3-7H2,1-2H3,(H,17,18). The van der Waals surface area contributed by atoms with Gasteiger partial charge in [0.25, 0.3) is 10.0 Å². The summed E-state index contributed by atoms with van der Waals surface area (Å²) in [5, 5.41) is 12.5. The van der Waals surface area contributed by atoms with Crippen LogP contribution in [0.3, 0.4) is 0 Å². The number of sulfonamides is 1. The van der Waals surface area contributed by atoms with Gasteiger partial charge in [0.2, 0.25) is 0 Å². The highest BCUT2D eigenvalue weighted by molar-refractivity contribution is 7.89. The predicted molar refractivity (Wildman–Crippen MR) is 78.7 cm³/mol. The molecule has 0 aliphatic carbocycles. The van der Waals surface area contributed by atoms with Gasteiger partial charge in [0.05, 0.1) is 11.2 Å². The van der Waals surface area contributed by atoms with E-state index in [1.165, 1.54) is 17.9 Å². The van der Waals surface area contributed by atoms with Gasteiger partial charge in [-0.25, -0.2) is 13.1 Å². The minimum absolute atomic E-state index is 0.0669. The molecular formula is C12H20ClN3O4S. The number of hydrogen-bond donors (Lipinski definition) is 2. The predicted octanol–water partition coefficient (Wildman–Crippen LogP) is 1.63. The largest absolute Gasteiger partial charge is 0.481 e. The van der Waals surface area contributed by atoms with E-state index in [-0.39, 0.29) is 28.9 Å². The highest BCUT2D eigenvalue weighted by atomic mass is 35.5. The summed E-state index contributed by atoms with van der Waals surface area (Å²) in [5.74, 6) is -0.665. The molecule has 1 heterocycles. The van der Waals surface area contributed by atoms with Gasteiger partial charge in [0.1, 0.15) is 0 Å². The Hall–Kier alpha value is -1.12. The number of carboxylic acid groups (broad SMARTS) is 1. The van der Waals surface area contributed by atoms with Gasteiger partial charge in [-0.05, 0) is 18.8 Å². The number of halogens is 1. The lowest BCUT2D eigenvalue weighted by atomic mass is 9.97. The van der Waals surface area contributed by atoms with E-state index in [9.17, 15) is 13.2 Å². The molecule has 0 aromatic carbocycles. The number of rotatable bonds is 9. The molecule has 1 aromatic heterocycles. The van der Waals surface area contributed by atoms with Crippen LogP contribution < -0.4 is 4.72 Å². The number of aryl methyl sites for hydroxylation is 1. The summed E-state index contributed by atoms with van der Waals surface area (Å²) in [6, 6.07) is 0. The number of hydrogen-bond acceptors (Lipinski definition) is 4. The number of aromatic nitrogens is 2. The fraction of sp³-hybridized carbons (Fsp3) is 0.667. The van der Waals surface area contributed by atoms with Crippen molar-refractivity contribution in [1.82, 2.24) is 14.5 Å². The van der Waals surface area contributed by atoms with E-state index >= 15 is 0 Å². The topological polar surface area (TPSA) is 101 Å². The Balaban J connectivity index is 2.56. The van der Waals surface area contributed by atoms with Gasteiger partial charge in [-0.1, -0.05) is 24.9 Å². The highest BCUT2D eigenvalue weighted by Gasteiger charge is 2.22. The maximum Gasteiger partial charge on any atom is 0.303 e. The minimum Gasteiger partial charge on any atom is -0.481 e. The fourth-order valence-electron chi connectivity index (χ4n) is 2.05. The lowest BCUT2D eigenvalue weighted by Gasteiger charge is -2.14. The second-order valence-electron chi connectivity index (χ2n) is 4.81. The number of carboxylic acids is 1. The molecule has 0 amide bonds. The van der Waals surface area contributed by atoms with Crippen molar-refractivity contribution in [3.05, 3.63) is 11.2 Å². The fourth-order valence-corrected chi connectivity index (χ4v) is 3.75. The zero-order valence-electron chi connectivity index (χ0n) is 12.0. The van der Waals surface area contributed by atoms with Crippen molar-refractivity contribution in [2.24, 2.45) is 13.0 Å². The van der Waals surface area contributed by atoms with E-state index in [4.69, 9.17) is 16.7 Å². The van der Waals surface area contributed by atoms with Crippen LogP contribution >= 0.6 is 11.6 Å². The molecule has 1 atom stereocenters. The minimum atomic E-state index is -3.71. The van der Waals surface area contributed by atoms with Crippen LogP contribution in [-0.2, 0) is 21.9 Å². The quantitative estimate of drug-likeness (QED) is 0.713. The molecule has 2 N–H and O–H groups in total. The van der Waals surface area contributed by atoms with Gasteiger partial charge in [0, 0.05) is 20.0 Å². The lowest BCUT2D eigenvalue weighted by molar-refractivity contribution is -0.137. The maximum atomic E-state index is 12.1. The average Bonchev–Trinajstić information content (AvgIpc) is 2.73. The molecule has 21 heavy (non-hydrogen) atoms. The Labute approximate surface area is 129 Å². The van der Waals surface area contributed by atoms with Gasteiger partial charge in [0.15, 0.2) is 5.03 Å². The summed E-state index contributed by atoms with van der Waals surface area (Å²) in [6.45, 7) is 2.20. The summed E-state index contributed by atoms with van der Waals surface area (Å²) in [4.78, 5) is 10.5. The van der Waals surface area contributed by atoms with Crippen molar-refractivity contribution in [1.29, 1.82) is 0 Å². The number of nitrogens with one attached hydrogen (secondary N) is 1. The molecule has 9 heteroatoms. The third-order valence-electron chi connectivity index (χ3n) is 3.29. The molecule has 0 spiro atoms. The van der Waals surface area contributed by atoms with Crippen molar-refractivity contribution in [2.45, 2.75) is 37.6 Å². The van der Waals surface area contributed by atoms with Crippen molar-refractivity contribution in [3.8, 4) is 0 Å². The van der Waals surface area contributed by atoms with Gasteiger partial charge in [-0.2, -0.15) is 5.10 Å². The Morgan fingerprint density at radius 3 is 2.67 bits per heavy atom. The van der Waals surface area contributed by atoms with Gasteiger partial charge < -0.3 is 5.11 Å². The summed E-state index contributed by atoms with van der Waals surface area (Å²) in [7, 11) is -2.21. The molecule has 1 rings (SSSR count). The Kier molecular flexibility index (Phi) is 6.63. The second kappa shape index (κ2) is 7.77. The van der Waals surface area contributed by atoms with E-state index < -0.39 is 16.0 Å². The van der Waals surface area contributed by atoms with Crippen LogP contribution in [0.25, 0.3) is 0 Å². The summed E-state index contributed by atoms with van der Waals surface area (Å²) < 4.78 is 27.9. The molecule has 0 fully saturated rings. The van der Waals surface area contributed by atoms with Crippen LogP contribution in [0.5, 0.6) is 0 Å². The SMILES string of the molecule is CCC(CCNS(=O)(=O)c1c(Cl)cnn1C)CCC(=O)O. The molecular weight excluding hydrogens is 318 g/mol. The first-order valence-corrected chi connectivity index (χ1v) is 8.53. The molecule has 0 aliphatic heterocycles. The average molecular weight is 338 g/mol. The zero-order valence-corrected chi connectivity index (χ0v) is 13.6. The van der Waals surface area contributed by atoms with Gasteiger partial charge in [-0.3, -0.25) is 9.48 Å². The van der Waals surface area contributed by atoms with Crippen LogP contribution in [0.1, 0.15) is 32.6 Å². The Morgan fingerprint density at radius 2 is 2.19 bits per heavy atom. The molecule has 0 radical (unpaired) electrons. The van der Waals surface area contributed by atoms with Gasteiger partial charge in [-0.15, -0.1) is 0 Å². The lowest BCUT2D eigenvalue weighted by Crippen LogP contribution is -2.28. The molecule has 7 nitrogen and oxygen atoms in total. The molecule has 1 unspecified atom stereocenters. The molecule has 0 saturated heterocycles. The van der Waals surface area contributed by atoms with Gasteiger partial charge >= 0.3 is 5.97 Å². The van der Waals surface area contributed by atoms with E-state index in [0.717, 1.165) is 6.42 Å². The summed E-state index contributed by atoms with van der Waals surface area (Å²) in [5.41, 5.74) is 0. The van der Waals surface area contributed by atoms with E-state index in [2.05, 4.69) is 9.82 Å². The monoisotopic (exact) mass is 337 g/mol. The number of nitrogens with zero attached hydrogens (tertiary/aromatic N) is 2. The first kappa shape index (κ1) is 17.9. The smallest absolute Gasteiger partial charge is 0.303 e. The normalized spacial score (nSPS) is 13.3. The third kappa shape index (κ3) is 5.29. The molecule has 120 valence electrons. The summed E-state index contributed by atoms with van der Waals surface area (Å²) >= 11 is 5.82. The van der Waals surface area contributed by atoms with Crippen molar-refractivity contribution in [2.75, 3.05) is 6.54 Å². The zero-order chi connectivity index (χ0) is 16.0. The van der Waals surface area contributed by atoms with Crippen LogP contribution in [0.2, 0.25) is 5.02 Å². The maximum absolute atomic E-state index is 12.1. The third-order valence-corrected chi connectivity index (χ3v) is 5.25. The molecule has 1 aromatic rings. The highest BCUT2D eigenvalue weighted by Crippen LogP contribution is 2.20. The number of carbonyl (C=O) groups is 1. The second-order valence-corrected chi connectivity index (χ2v) is 6.90. The van der Waals surface area contributed by atoms with E-state index in [1.807, 2.05) is 6.92 Å². The van der Waals surface area contributed by atoms with E-state index in [1.54, 1.807) is 0 Å². The van der Waals surface area contributed by atoms with Crippen LogP contribution in [0.15, 0.2) is 11.2 Å². The van der Waals surface area contributed by atoms with Crippen molar-refractivity contribution in [3.63, 3.8) is 0 Å². The Bertz CT molecular complexity index is 566. The summed E-state index contributed by atoms with van der Waals surface area (Å²) in [6.07, 6.45) is 3.30. The molecule has 0 bridgehead atoms. The molecule has 0 aliphatic rings. The van der Waals surface area contributed by atoms with Crippen molar-refractivity contribution < 1.29 is 18.3 Å². The van der Waals surface area contributed by atoms with Crippen LogP contribution in [-0.4, -0.2) is 35.8 Å². The number of aliphatic carboxylic acids is 1. The van der Waals surface area contributed by atoms with E-state index in [0.29, 0.717) is 12.8 Å². The first-order chi connectivity index (χ1) is 9.77. The first-order valence-electron chi connectivity index (χ1n) is 6.66. The van der Waals surface area contributed by atoms with Crippen LogP contribution in [0.4, 0.5) is 0 Å².